The number of aromatic amines is 2. The lowest BCUT2D eigenvalue weighted by molar-refractivity contribution is 0.0922. The number of amides is 1. The van der Waals surface area contributed by atoms with E-state index in [0.29, 0.717) is 5.52 Å². The fraction of sp³-hybridized carbons (Fsp3) is 0.130. The van der Waals surface area contributed by atoms with Crippen molar-refractivity contribution < 1.29 is 4.79 Å². The molecule has 8 nitrogen and oxygen atoms in total. The molecule has 5 aromatic rings. The summed E-state index contributed by atoms with van der Waals surface area (Å²) in [4.78, 5) is 24.6. The van der Waals surface area contributed by atoms with Crippen LogP contribution in [-0.2, 0) is 0 Å². The van der Waals surface area contributed by atoms with Gasteiger partial charge in [-0.2, -0.15) is 5.10 Å². The van der Waals surface area contributed by atoms with Gasteiger partial charge < -0.3 is 16.0 Å². The van der Waals surface area contributed by atoms with Crippen molar-refractivity contribution in [2.75, 3.05) is 0 Å². The maximum atomic E-state index is 12.9. The highest BCUT2D eigenvalue weighted by Gasteiger charge is 2.21. The van der Waals surface area contributed by atoms with Crippen LogP contribution in [0.4, 0.5) is 0 Å². The number of benzene rings is 2. The largest absolute Gasteiger partial charge is 0.341 e. The predicted octanol–water partition coefficient (Wildman–Crippen LogP) is 3.32. The molecule has 0 radical (unpaired) electrons. The molecule has 5 N–H and O–H groups in total. The summed E-state index contributed by atoms with van der Waals surface area (Å²) in [6.45, 7) is 1.87. The maximum absolute atomic E-state index is 12.9. The smallest absolute Gasteiger partial charge is 0.287 e. The van der Waals surface area contributed by atoms with E-state index in [2.05, 4.69) is 30.5 Å². The number of rotatable bonds is 5. The van der Waals surface area contributed by atoms with Crippen LogP contribution in [0.2, 0.25) is 0 Å². The lowest BCUT2D eigenvalue weighted by atomic mass is 10.0. The molecule has 2 aromatic carbocycles. The lowest BCUT2D eigenvalue weighted by Crippen LogP contribution is -2.39. The molecule has 0 saturated heterocycles. The zero-order valence-corrected chi connectivity index (χ0v) is 16.8. The second-order valence-electron chi connectivity index (χ2n) is 7.53. The van der Waals surface area contributed by atoms with Crippen molar-refractivity contribution in [2.45, 2.75) is 19.0 Å². The second kappa shape index (κ2) is 7.66. The van der Waals surface area contributed by atoms with Gasteiger partial charge in [0, 0.05) is 29.4 Å². The minimum absolute atomic E-state index is 0.239. The Balaban J connectivity index is 1.48. The third-order valence-corrected chi connectivity index (χ3v) is 5.30. The van der Waals surface area contributed by atoms with E-state index >= 15 is 0 Å². The van der Waals surface area contributed by atoms with Gasteiger partial charge in [-0.3, -0.25) is 14.9 Å². The summed E-state index contributed by atoms with van der Waals surface area (Å²) in [6, 6.07) is 16.7. The SMILES string of the molecule is CC(N)C(NC(=O)c1nc2cc3c(-c4ccncc4)n[nH]c3cc2[nH]1)c1ccccc1. The average molecular weight is 411 g/mol. The first-order valence-electron chi connectivity index (χ1n) is 10.00. The normalized spacial score (nSPS) is 13.4. The number of H-pyrrole nitrogens is 2. The molecule has 154 valence electrons. The number of imidazole rings is 1. The Labute approximate surface area is 177 Å². The average Bonchev–Trinajstić information content (AvgIpc) is 3.40. The van der Waals surface area contributed by atoms with E-state index in [1.807, 2.05) is 61.5 Å². The van der Waals surface area contributed by atoms with Gasteiger partial charge in [0.15, 0.2) is 5.82 Å². The van der Waals surface area contributed by atoms with Crippen molar-refractivity contribution in [3.63, 3.8) is 0 Å². The topological polar surface area (TPSA) is 125 Å². The van der Waals surface area contributed by atoms with E-state index in [1.54, 1.807) is 12.4 Å². The molecule has 0 spiro atoms. The number of hydrogen-bond acceptors (Lipinski definition) is 5. The van der Waals surface area contributed by atoms with Crippen LogP contribution in [0.5, 0.6) is 0 Å². The summed E-state index contributed by atoms with van der Waals surface area (Å²) in [5.41, 5.74) is 11.1. The van der Waals surface area contributed by atoms with Gasteiger partial charge in [-0.1, -0.05) is 30.3 Å². The van der Waals surface area contributed by atoms with Crippen LogP contribution in [0.1, 0.15) is 29.1 Å². The molecule has 5 rings (SSSR count). The molecule has 0 aliphatic heterocycles. The molecule has 3 aromatic heterocycles. The summed E-state index contributed by atoms with van der Waals surface area (Å²) in [5, 5.41) is 11.4. The molecule has 31 heavy (non-hydrogen) atoms. The van der Waals surface area contributed by atoms with Gasteiger partial charge in [0.1, 0.15) is 5.69 Å². The van der Waals surface area contributed by atoms with E-state index in [-0.39, 0.29) is 23.8 Å². The highest BCUT2D eigenvalue weighted by Crippen LogP contribution is 2.29. The van der Waals surface area contributed by atoms with E-state index in [0.717, 1.165) is 33.2 Å². The van der Waals surface area contributed by atoms with E-state index in [9.17, 15) is 4.79 Å². The first-order valence-corrected chi connectivity index (χ1v) is 10.00. The van der Waals surface area contributed by atoms with Crippen LogP contribution < -0.4 is 11.1 Å². The van der Waals surface area contributed by atoms with Crippen LogP contribution in [0.15, 0.2) is 67.0 Å². The van der Waals surface area contributed by atoms with Crippen molar-refractivity contribution in [3.05, 3.63) is 78.4 Å². The van der Waals surface area contributed by atoms with Gasteiger partial charge in [-0.05, 0) is 36.8 Å². The number of carbonyl (C=O) groups is 1. The fourth-order valence-corrected chi connectivity index (χ4v) is 3.75. The maximum Gasteiger partial charge on any atom is 0.287 e. The Morgan fingerprint density at radius 3 is 2.58 bits per heavy atom. The number of carbonyl (C=O) groups excluding carboxylic acids is 1. The van der Waals surface area contributed by atoms with Gasteiger partial charge in [-0.15, -0.1) is 0 Å². The Bertz CT molecular complexity index is 1360. The first-order chi connectivity index (χ1) is 15.1. The first kappa shape index (κ1) is 19.0. The van der Waals surface area contributed by atoms with Gasteiger partial charge >= 0.3 is 0 Å². The summed E-state index contributed by atoms with van der Waals surface area (Å²) >= 11 is 0. The Morgan fingerprint density at radius 1 is 1.06 bits per heavy atom. The molecular formula is C23H21N7O. The number of fused-ring (bicyclic) bond motifs is 2. The molecular weight excluding hydrogens is 390 g/mol. The summed E-state index contributed by atoms with van der Waals surface area (Å²) in [7, 11) is 0. The van der Waals surface area contributed by atoms with Gasteiger partial charge in [0.05, 0.1) is 22.6 Å². The van der Waals surface area contributed by atoms with Crippen molar-refractivity contribution in [1.82, 2.24) is 30.5 Å². The quantitative estimate of drug-likeness (QED) is 0.353. The molecule has 3 heterocycles. The fourth-order valence-electron chi connectivity index (χ4n) is 3.75. The van der Waals surface area contributed by atoms with Crippen molar-refractivity contribution in [2.24, 2.45) is 5.73 Å². The molecule has 0 fully saturated rings. The Hall–Kier alpha value is -4.04. The standard InChI is InChI=1S/C23H21N7O/c1-13(24)20(14-5-3-2-4-6-14)28-23(31)22-26-18-11-16-17(12-19(18)27-22)29-30-21(16)15-7-9-25-10-8-15/h2-13,20H,24H2,1H3,(H,26,27)(H,28,31)(H,29,30). The van der Waals surface area contributed by atoms with Crippen LogP contribution in [0.3, 0.4) is 0 Å². The monoisotopic (exact) mass is 411 g/mol. The number of nitrogens with two attached hydrogens (primary N) is 1. The van der Waals surface area contributed by atoms with Crippen LogP contribution in [-0.4, -0.2) is 37.1 Å². The highest BCUT2D eigenvalue weighted by molar-refractivity contribution is 6.02. The third kappa shape index (κ3) is 3.53. The Morgan fingerprint density at radius 2 is 1.84 bits per heavy atom. The molecule has 2 unspecified atom stereocenters. The number of nitrogens with one attached hydrogen (secondary N) is 3. The summed E-state index contributed by atoms with van der Waals surface area (Å²) in [6.07, 6.45) is 3.46. The van der Waals surface area contributed by atoms with Crippen LogP contribution in [0.25, 0.3) is 33.2 Å². The van der Waals surface area contributed by atoms with Crippen LogP contribution in [0, 0.1) is 0 Å². The number of pyridine rings is 1. The minimum Gasteiger partial charge on any atom is -0.341 e. The zero-order chi connectivity index (χ0) is 21.4. The highest BCUT2D eigenvalue weighted by atomic mass is 16.2. The van der Waals surface area contributed by atoms with E-state index < -0.39 is 0 Å². The van der Waals surface area contributed by atoms with E-state index in [1.165, 1.54) is 0 Å². The van der Waals surface area contributed by atoms with E-state index in [4.69, 9.17) is 5.73 Å². The number of hydrogen-bond donors (Lipinski definition) is 4. The zero-order valence-electron chi connectivity index (χ0n) is 16.8. The molecule has 8 heteroatoms. The molecule has 0 aliphatic carbocycles. The van der Waals surface area contributed by atoms with Crippen LogP contribution >= 0.6 is 0 Å². The molecule has 0 bridgehead atoms. The molecule has 1 amide bonds. The molecule has 0 saturated carbocycles. The molecule has 0 aliphatic rings. The summed E-state index contributed by atoms with van der Waals surface area (Å²) in [5.74, 6) is -0.0684. The Kier molecular flexibility index (Phi) is 4.68. The van der Waals surface area contributed by atoms with Gasteiger partial charge in [0.2, 0.25) is 0 Å². The summed E-state index contributed by atoms with van der Waals surface area (Å²) < 4.78 is 0. The molecule has 2 atom stereocenters. The number of aromatic nitrogens is 5. The minimum atomic E-state index is -0.320. The van der Waals surface area contributed by atoms with Gasteiger partial charge in [0.25, 0.3) is 5.91 Å². The number of nitrogens with zero attached hydrogens (tertiary/aromatic N) is 3. The van der Waals surface area contributed by atoms with Gasteiger partial charge in [-0.25, -0.2) is 4.98 Å². The van der Waals surface area contributed by atoms with Crippen molar-refractivity contribution in [3.8, 4) is 11.3 Å². The lowest BCUT2D eigenvalue weighted by Gasteiger charge is -2.22. The van der Waals surface area contributed by atoms with Crippen molar-refractivity contribution in [1.29, 1.82) is 0 Å². The van der Waals surface area contributed by atoms with Crippen molar-refractivity contribution >= 4 is 27.8 Å². The third-order valence-electron chi connectivity index (χ3n) is 5.30. The predicted molar refractivity (Wildman–Crippen MR) is 119 cm³/mol. The second-order valence-corrected chi connectivity index (χ2v) is 7.53.